The van der Waals surface area contributed by atoms with Crippen molar-refractivity contribution in [3.05, 3.63) is 65.7 Å². The SMILES string of the molecule is NCCCN1CCN(Cc2cccc(OCCc3ccccc3)c2)CC1. The molecule has 140 valence electrons. The second-order valence-electron chi connectivity index (χ2n) is 6.99. The summed E-state index contributed by atoms with van der Waals surface area (Å²) in [4.78, 5) is 5.05. The van der Waals surface area contributed by atoms with Crippen LogP contribution in [0.25, 0.3) is 0 Å². The van der Waals surface area contributed by atoms with Crippen LogP contribution in [0.15, 0.2) is 54.6 Å². The molecule has 1 saturated heterocycles. The predicted molar refractivity (Wildman–Crippen MR) is 107 cm³/mol. The first-order valence-corrected chi connectivity index (χ1v) is 9.74. The lowest BCUT2D eigenvalue weighted by atomic mass is 10.1. The summed E-state index contributed by atoms with van der Waals surface area (Å²) in [5.41, 5.74) is 8.26. The van der Waals surface area contributed by atoms with Gasteiger partial charge < -0.3 is 15.4 Å². The van der Waals surface area contributed by atoms with Crippen molar-refractivity contribution in [3.8, 4) is 5.75 Å². The molecule has 1 heterocycles. The van der Waals surface area contributed by atoms with Crippen LogP contribution in [0.5, 0.6) is 5.75 Å². The standard InChI is InChI=1S/C22H31N3O/c23-11-5-12-24-13-15-25(16-14-24)19-21-8-4-9-22(18-21)26-17-10-20-6-2-1-3-7-20/h1-4,6-9,18H,5,10-17,19,23H2. The first-order chi connectivity index (χ1) is 12.8. The maximum atomic E-state index is 5.96. The molecule has 4 heteroatoms. The van der Waals surface area contributed by atoms with Crippen molar-refractivity contribution in [2.24, 2.45) is 5.73 Å². The Balaban J connectivity index is 1.43. The fourth-order valence-corrected chi connectivity index (χ4v) is 3.41. The van der Waals surface area contributed by atoms with Crippen molar-refractivity contribution >= 4 is 0 Å². The van der Waals surface area contributed by atoms with E-state index in [9.17, 15) is 0 Å². The molecule has 0 spiro atoms. The minimum atomic E-state index is 0.716. The molecule has 0 atom stereocenters. The minimum Gasteiger partial charge on any atom is -0.493 e. The molecule has 0 aliphatic carbocycles. The maximum Gasteiger partial charge on any atom is 0.119 e. The summed E-state index contributed by atoms with van der Waals surface area (Å²) in [5.74, 6) is 0.972. The Morgan fingerprint density at radius 3 is 2.35 bits per heavy atom. The molecule has 0 radical (unpaired) electrons. The largest absolute Gasteiger partial charge is 0.493 e. The van der Waals surface area contributed by atoms with E-state index in [4.69, 9.17) is 10.5 Å². The molecule has 4 nitrogen and oxygen atoms in total. The molecule has 0 aromatic heterocycles. The van der Waals surface area contributed by atoms with Crippen LogP contribution in [-0.2, 0) is 13.0 Å². The van der Waals surface area contributed by atoms with Gasteiger partial charge in [0.2, 0.25) is 0 Å². The highest BCUT2D eigenvalue weighted by atomic mass is 16.5. The fraction of sp³-hybridized carbons (Fsp3) is 0.455. The highest BCUT2D eigenvalue weighted by Gasteiger charge is 2.16. The van der Waals surface area contributed by atoms with Gasteiger partial charge in [0.1, 0.15) is 5.75 Å². The molecule has 2 aromatic carbocycles. The second kappa shape index (κ2) is 10.3. The highest BCUT2D eigenvalue weighted by molar-refractivity contribution is 5.28. The van der Waals surface area contributed by atoms with Crippen LogP contribution in [0.4, 0.5) is 0 Å². The van der Waals surface area contributed by atoms with E-state index in [1.165, 1.54) is 11.1 Å². The van der Waals surface area contributed by atoms with Gasteiger partial charge in [0.25, 0.3) is 0 Å². The van der Waals surface area contributed by atoms with Crippen molar-refractivity contribution in [1.29, 1.82) is 0 Å². The van der Waals surface area contributed by atoms with Crippen molar-refractivity contribution in [1.82, 2.24) is 9.80 Å². The van der Waals surface area contributed by atoms with Crippen LogP contribution in [0.3, 0.4) is 0 Å². The van der Waals surface area contributed by atoms with Crippen molar-refractivity contribution in [2.75, 3.05) is 45.9 Å². The summed E-state index contributed by atoms with van der Waals surface area (Å²) in [6.45, 7) is 8.19. The Kier molecular flexibility index (Phi) is 7.50. The Morgan fingerprint density at radius 1 is 0.846 bits per heavy atom. The van der Waals surface area contributed by atoms with E-state index >= 15 is 0 Å². The van der Waals surface area contributed by atoms with Gasteiger partial charge in [-0.3, -0.25) is 4.90 Å². The maximum absolute atomic E-state index is 5.96. The number of nitrogens with zero attached hydrogens (tertiary/aromatic N) is 2. The number of benzene rings is 2. The van der Waals surface area contributed by atoms with Crippen LogP contribution < -0.4 is 10.5 Å². The number of hydrogen-bond donors (Lipinski definition) is 1. The van der Waals surface area contributed by atoms with Crippen molar-refractivity contribution in [3.63, 3.8) is 0 Å². The Labute approximate surface area is 157 Å². The molecule has 2 N–H and O–H groups in total. The van der Waals surface area contributed by atoms with Crippen LogP contribution in [0.2, 0.25) is 0 Å². The van der Waals surface area contributed by atoms with Gasteiger partial charge in [0.05, 0.1) is 6.61 Å². The van der Waals surface area contributed by atoms with E-state index in [1.807, 2.05) is 6.07 Å². The van der Waals surface area contributed by atoms with Gasteiger partial charge in [0, 0.05) is 39.1 Å². The second-order valence-corrected chi connectivity index (χ2v) is 6.99. The third kappa shape index (κ3) is 6.13. The molecule has 0 amide bonds. The molecular weight excluding hydrogens is 322 g/mol. The Morgan fingerprint density at radius 2 is 1.58 bits per heavy atom. The van der Waals surface area contributed by atoms with E-state index in [0.717, 1.165) is 64.4 Å². The quantitative estimate of drug-likeness (QED) is 0.753. The average molecular weight is 354 g/mol. The molecule has 3 rings (SSSR count). The van der Waals surface area contributed by atoms with Gasteiger partial charge in [-0.1, -0.05) is 42.5 Å². The van der Waals surface area contributed by atoms with Gasteiger partial charge >= 0.3 is 0 Å². The smallest absolute Gasteiger partial charge is 0.119 e. The molecular formula is C22H31N3O. The van der Waals surface area contributed by atoms with Gasteiger partial charge in [0.15, 0.2) is 0 Å². The summed E-state index contributed by atoms with van der Waals surface area (Å²) in [6.07, 6.45) is 2.04. The lowest BCUT2D eigenvalue weighted by molar-refractivity contribution is 0.126. The molecule has 0 bridgehead atoms. The normalized spacial score (nSPS) is 15.9. The summed E-state index contributed by atoms with van der Waals surface area (Å²) in [5, 5.41) is 0. The Bertz CT molecular complexity index is 639. The third-order valence-corrected chi connectivity index (χ3v) is 4.95. The number of nitrogens with two attached hydrogens (primary N) is 1. The van der Waals surface area contributed by atoms with E-state index in [1.54, 1.807) is 0 Å². The van der Waals surface area contributed by atoms with Crippen molar-refractivity contribution in [2.45, 2.75) is 19.4 Å². The summed E-state index contributed by atoms with van der Waals surface area (Å²) >= 11 is 0. The van der Waals surface area contributed by atoms with Crippen LogP contribution >= 0.6 is 0 Å². The number of rotatable bonds is 9. The summed E-state index contributed by atoms with van der Waals surface area (Å²) < 4.78 is 5.96. The minimum absolute atomic E-state index is 0.716. The Hall–Kier alpha value is -1.88. The first-order valence-electron chi connectivity index (χ1n) is 9.74. The van der Waals surface area contributed by atoms with Gasteiger partial charge in [-0.25, -0.2) is 0 Å². The molecule has 0 unspecified atom stereocenters. The zero-order chi connectivity index (χ0) is 18.0. The van der Waals surface area contributed by atoms with Crippen LogP contribution in [0.1, 0.15) is 17.5 Å². The predicted octanol–water partition coefficient (Wildman–Crippen LogP) is 2.77. The third-order valence-electron chi connectivity index (χ3n) is 4.95. The number of hydrogen-bond acceptors (Lipinski definition) is 4. The zero-order valence-corrected chi connectivity index (χ0v) is 15.6. The van der Waals surface area contributed by atoms with E-state index in [2.05, 4.69) is 58.3 Å². The lowest BCUT2D eigenvalue weighted by Crippen LogP contribution is -2.46. The molecule has 1 aliphatic heterocycles. The van der Waals surface area contributed by atoms with Gasteiger partial charge in [-0.2, -0.15) is 0 Å². The molecule has 1 fully saturated rings. The van der Waals surface area contributed by atoms with Crippen LogP contribution in [0, 0.1) is 0 Å². The zero-order valence-electron chi connectivity index (χ0n) is 15.6. The number of piperazine rings is 1. The monoisotopic (exact) mass is 353 g/mol. The van der Waals surface area contributed by atoms with E-state index < -0.39 is 0 Å². The van der Waals surface area contributed by atoms with Gasteiger partial charge in [-0.15, -0.1) is 0 Å². The fourth-order valence-electron chi connectivity index (χ4n) is 3.41. The first kappa shape index (κ1) is 18.9. The number of ether oxygens (including phenoxy) is 1. The lowest BCUT2D eigenvalue weighted by Gasteiger charge is -2.34. The average Bonchev–Trinajstić information content (AvgIpc) is 2.69. The van der Waals surface area contributed by atoms with E-state index in [0.29, 0.717) is 6.61 Å². The van der Waals surface area contributed by atoms with Crippen molar-refractivity contribution < 1.29 is 4.74 Å². The molecule has 0 saturated carbocycles. The van der Waals surface area contributed by atoms with Crippen LogP contribution in [-0.4, -0.2) is 55.7 Å². The highest BCUT2D eigenvalue weighted by Crippen LogP contribution is 2.16. The summed E-state index contributed by atoms with van der Waals surface area (Å²) in [6, 6.07) is 19.0. The topological polar surface area (TPSA) is 41.7 Å². The molecule has 1 aliphatic rings. The van der Waals surface area contributed by atoms with E-state index in [-0.39, 0.29) is 0 Å². The molecule has 26 heavy (non-hydrogen) atoms. The summed E-state index contributed by atoms with van der Waals surface area (Å²) in [7, 11) is 0. The molecule has 2 aromatic rings. The van der Waals surface area contributed by atoms with Gasteiger partial charge in [-0.05, 0) is 42.8 Å².